The molecular formula is C11H16BrN3. The largest absolute Gasteiger partial charge is 0.386 e. The van der Waals surface area contributed by atoms with Gasteiger partial charge in [0.25, 0.3) is 0 Å². The van der Waals surface area contributed by atoms with Crippen LogP contribution in [0.2, 0.25) is 0 Å². The molecule has 0 bridgehead atoms. The molecule has 15 heavy (non-hydrogen) atoms. The molecule has 0 spiro atoms. The van der Waals surface area contributed by atoms with Gasteiger partial charge in [-0.3, -0.25) is 10.3 Å². The molecule has 0 heterocycles. The minimum atomic E-state index is -0.0198. The van der Waals surface area contributed by atoms with Crippen LogP contribution in [0.15, 0.2) is 28.7 Å². The molecule has 0 aliphatic heterocycles. The molecule has 0 aliphatic rings. The van der Waals surface area contributed by atoms with Crippen molar-refractivity contribution < 1.29 is 0 Å². The zero-order valence-corrected chi connectivity index (χ0v) is 10.6. The van der Waals surface area contributed by atoms with Crippen molar-refractivity contribution in [2.75, 3.05) is 7.05 Å². The van der Waals surface area contributed by atoms with E-state index in [0.717, 1.165) is 11.0 Å². The number of nitrogens with zero attached hydrogens (tertiary/aromatic N) is 1. The van der Waals surface area contributed by atoms with Crippen molar-refractivity contribution >= 4 is 21.8 Å². The molecule has 3 N–H and O–H groups in total. The van der Waals surface area contributed by atoms with E-state index in [-0.39, 0.29) is 11.9 Å². The summed E-state index contributed by atoms with van der Waals surface area (Å²) >= 11 is 3.40. The Labute approximate surface area is 98.9 Å². The third-order valence-corrected chi connectivity index (χ3v) is 2.99. The maximum Gasteiger partial charge on any atom is 0.108 e. The first-order chi connectivity index (χ1) is 7.00. The van der Waals surface area contributed by atoms with E-state index in [2.05, 4.69) is 28.1 Å². The van der Waals surface area contributed by atoms with Crippen molar-refractivity contribution in [2.45, 2.75) is 19.5 Å². The Bertz CT molecular complexity index is 334. The van der Waals surface area contributed by atoms with Crippen molar-refractivity contribution in [1.29, 1.82) is 5.41 Å². The third-order valence-electron chi connectivity index (χ3n) is 2.46. The SMILES string of the molecule is CC(C(=N)N)N(C)Cc1ccc(Br)cc1. The van der Waals surface area contributed by atoms with Crippen LogP contribution in [0.3, 0.4) is 0 Å². The van der Waals surface area contributed by atoms with Crippen LogP contribution in [-0.2, 0) is 6.54 Å². The summed E-state index contributed by atoms with van der Waals surface area (Å²) in [7, 11) is 1.97. The van der Waals surface area contributed by atoms with E-state index in [9.17, 15) is 0 Å². The molecule has 0 aliphatic carbocycles. The highest BCUT2D eigenvalue weighted by Gasteiger charge is 2.11. The number of hydrogen-bond acceptors (Lipinski definition) is 2. The van der Waals surface area contributed by atoms with Crippen LogP contribution in [0.4, 0.5) is 0 Å². The highest BCUT2D eigenvalue weighted by atomic mass is 79.9. The van der Waals surface area contributed by atoms with Gasteiger partial charge in [0.1, 0.15) is 5.84 Å². The lowest BCUT2D eigenvalue weighted by molar-refractivity contribution is 0.301. The lowest BCUT2D eigenvalue weighted by atomic mass is 10.2. The van der Waals surface area contributed by atoms with Gasteiger partial charge in [-0.05, 0) is 31.7 Å². The van der Waals surface area contributed by atoms with E-state index in [4.69, 9.17) is 11.1 Å². The van der Waals surface area contributed by atoms with Crippen LogP contribution in [0.5, 0.6) is 0 Å². The minimum Gasteiger partial charge on any atom is -0.386 e. The molecule has 3 nitrogen and oxygen atoms in total. The summed E-state index contributed by atoms with van der Waals surface area (Å²) in [6, 6.07) is 8.14. The van der Waals surface area contributed by atoms with E-state index in [0.29, 0.717) is 0 Å². The molecule has 0 saturated carbocycles. The number of nitrogens with two attached hydrogens (primary N) is 1. The molecule has 1 aromatic rings. The van der Waals surface area contributed by atoms with Gasteiger partial charge >= 0.3 is 0 Å². The number of hydrogen-bond donors (Lipinski definition) is 2. The zero-order chi connectivity index (χ0) is 11.4. The van der Waals surface area contributed by atoms with Crippen LogP contribution in [0.25, 0.3) is 0 Å². The lowest BCUT2D eigenvalue weighted by Gasteiger charge is -2.23. The molecule has 82 valence electrons. The van der Waals surface area contributed by atoms with Crippen molar-refractivity contribution in [3.8, 4) is 0 Å². The van der Waals surface area contributed by atoms with Crippen molar-refractivity contribution in [1.82, 2.24) is 4.90 Å². The van der Waals surface area contributed by atoms with Crippen LogP contribution < -0.4 is 5.73 Å². The summed E-state index contributed by atoms with van der Waals surface area (Å²) in [5, 5.41) is 7.36. The molecule has 0 amide bonds. The van der Waals surface area contributed by atoms with Crippen molar-refractivity contribution in [3.05, 3.63) is 34.3 Å². The Balaban J connectivity index is 2.62. The topological polar surface area (TPSA) is 53.1 Å². The quantitative estimate of drug-likeness (QED) is 0.651. The second-order valence-electron chi connectivity index (χ2n) is 3.67. The highest BCUT2D eigenvalue weighted by Crippen LogP contribution is 2.12. The summed E-state index contributed by atoms with van der Waals surface area (Å²) < 4.78 is 1.08. The van der Waals surface area contributed by atoms with E-state index >= 15 is 0 Å². The summed E-state index contributed by atoms with van der Waals surface area (Å²) in [6.07, 6.45) is 0. The van der Waals surface area contributed by atoms with Crippen molar-refractivity contribution in [2.24, 2.45) is 5.73 Å². The van der Waals surface area contributed by atoms with E-state index < -0.39 is 0 Å². The first-order valence-corrected chi connectivity index (χ1v) is 5.58. The standard InChI is InChI=1S/C11H16BrN3/c1-8(11(13)14)15(2)7-9-3-5-10(12)6-4-9/h3-6,8H,7H2,1-2H3,(H3,13,14). The Morgan fingerprint density at radius 1 is 1.47 bits per heavy atom. The minimum absolute atomic E-state index is 0.0198. The van der Waals surface area contributed by atoms with Crippen LogP contribution >= 0.6 is 15.9 Å². The average molecular weight is 270 g/mol. The summed E-state index contributed by atoms with van der Waals surface area (Å²) in [5.74, 6) is 0.203. The van der Waals surface area contributed by atoms with E-state index in [1.807, 2.05) is 31.0 Å². The Hall–Kier alpha value is -0.870. The second-order valence-corrected chi connectivity index (χ2v) is 4.59. The predicted octanol–water partition coefficient (Wildman–Crippen LogP) is 2.21. The molecule has 1 atom stereocenters. The number of rotatable bonds is 4. The summed E-state index contributed by atoms with van der Waals surface area (Å²) in [5.41, 5.74) is 6.67. The Morgan fingerprint density at radius 3 is 2.47 bits per heavy atom. The monoisotopic (exact) mass is 269 g/mol. The molecule has 0 fully saturated rings. The van der Waals surface area contributed by atoms with Gasteiger partial charge in [0.15, 0.2) is 0 Å². The Kier molecular flexibility index (Phi) is 4.29. The first-order valence-electron chi connectivity index (χ1n) is 4.79. The normalized spacial score (nSPS) is 12.8. The van der Waals surface area contributed by atoms with E-state index in [1.54, 1.807) is 0 Å². The molecule has 0 radical (unpaired) electrons. The number of benzene rings is 1. The molecular weight excluding hydrogens is 254 g/mol. The summed E-state index contributed by atoms with van der Waals surface area (Å²) in [4.78, 5) is 2.05. The molecule has 4 heteroatoms. The van der Waals surface area contributed by atoms with Gasteiger partial charge in [-0.1, -0.05) is 28.1 Å². The number of nitrogens with one attached hydrogen (secondary N) is 1. The fourth-order valence-corrected chi connectivity index (χ4v) is 1.52. The van der Waals surface area contributed by atoms with Gasteiger partial charge in [0, 0.05) is 11.0 Å². The van der Waals surface area contributed by atoms with Gasteiger partial charge in [-0.25, -0.2) is 0 Å². The molecule has 1 unspecified atom stereocenters. The van der Waals surface area contributed by atoms with Gasteiger partial charge in [-0.15, -0.1) is 0 Å². The predicted molar refractivity (Wildman–Crippen MR) is 67.0 cm³/mol. The summed E-state index contributed by atoms with van der Waals surface area (Å²) in [6.45, 7) is 2.73. The van der Waals surface area contributed by atoms with Crippen LogP contribution in [0.1, 0.15) is 12.5 Å². The molecule has 0 saturated heterocycles. The van der Waals surface area contributed by atoms with Crippen LogP contribution in [-0.4, -0.2) is 23.8 Å². The fourth-order valence-electron chi connectivity index (χ4n) is 1.25. The smallest absolute Gasteiger partial charge is 0.108 e. The first kappa shape index (κ1) is 12.2. The van der Waals surface area contributed by atoms with Gasteiger partial charge in [-0.2, -0.15) is 0 Å². The second kappa shape index (κ2) is 5.28. The maximum atomic E-state index is 7.36. The maximum absolute atomic E-state index is 7.36. The van der Waals surface area contributed by atoms with Crippen molar-refractivity contribution in [3.63, 3.8) is 0 Å². The van der Waals surface area contributed by atoms with Crippen LogP contribution in [0, 0.1) is 5.41 Å². The number of amidine groups is 1. The Morgan fingerprint density at radius 2 is 2.00 bits per heavy atom. The average Bonchev–Trinajstić information content (AvgIpc) is 2.20. The highest BCUT2D eigenvalue weighted by molar-refractivity contribution is 9.10. The molecule has 1 rings (SSSR count). The van der Waals surface area contributed by atoms with Gasteiger partial charge in [0.05, 0.1) is 6.04 Å². The van der Waals surface area contributed by atoms with E-state index in [1.165, 1.54) is 5.56 Å². The zero-order valence-electron chi connectivity index (χ0n) is 9.00. The molecule has 0 aromatic heterocycles. The molecule has 1 aromatic carbocycles. The van der Waals surface area contributed by atoms with Gasteiger partial charge in [0.2, 0.25) is 0 Å². The fraction of sp³-hybridized carbons (Fsp3) is 0.364. The third kappa shape index (κ3) is 3.64. The number of halogens is 1. The lowest BCUT2D eigenvalue weighted by Crippen LogP contribution is -2.39. The number of likely N-dealkylation sites (N-methyl/N-ethyl adjacent to an activating group) is 1. The van der Waals surface area contributed by atoms with Gasteiger partial charge < -0.3 is 5.73 Å².